The van der Waals surface area contributed by atoms with Crippen molar-refractivity contribution >= 4 is 5.69 Å². The predicted octanol–water partition coefficient (Wildman–Crippen LogP) is 3.24. The van der Waals surface area contributed by atoms with E-state index in [0.717, 1.165) is 37.7 Å². The number of likely N-dealkylation sites (N-methyl/N-ethyl adjacent to an activating group) is 1. The zero-order chi connectivity index (χ0) is 14.3. The molecule has 1 aromatic carbocycles. The molecule has 0 aliphatic carbocycles. The number of hydrogen-bond acceptors (Lipinski definition) is 2. The monoisotopic (exact) mass is 284 g/mol. The number of piperidine rings is 1. The number of fused-ring (bicyclic) bond motifs is 1. The van der Waals surface area contributed by atoms with Crippen LogP contribution in [0.15, 0.2) is 24.3 Å². The molecule has 110 valence electrons. The van der Waals surface area contributed by atoms with Crippen molar-refractivity contribution in [1.29, 1.82) is 0 Å². The quantitative estimate of drug-likeness (QED) is 0.781. The fourth-order valence-electron chi connectivity index (χ4n) is 3.45. The highest BCUT2D eigenvalue weighted by Crippen LogP contribution is 2.34. The van der Waals surface area contributed by atoms with Gasteiger partial charge in [-0.25, -0.2) is 0 Å². The molecule has 2 fully saturated rings. The Kier molecular flexibility index (Phi) is 3.40. The fraction of sp³-hybridized carbons (Fsp3) is 0.600. The first-order valence-electron chi connectivity index (χ1n) is 7.07. The van der Waals surface area contributed by atoms with Gasteiger partial charge in [0.25, 0.3) is 0 Å². The SMILES string of the molecule is CN1CCC2CCN(c3ccc(C(F)(F)F)cc3)CC21. The zero-order valence-electron chi connectivity index (χ0n) is 11.5. The van der Waals surface area contributed by atoms with E-state index in [1.807, 2.05) is 0 Å². The van der Waals surface area contributed by atoms with Gasteiger partial charge in [-0.05, 0) is 56.6 Å². The molecule has 2 saturated heterocycles. The first kappa shape index (κ1) is 13.7. The third-order valence-electron chi connectivity index (χ3n) is 4.70. The second-order valence-electron chi connectivity index (χ2n) is 5.88. The summed E-state index contributed by atoms with van der Waals surface area (Å²) >= 11 is 0. The van der Waals surface area contributed by atoms with Gasteiger partial charge in [0.2, 0.25) is 0 Å². The van der Waals surface area contributed by atoms with Gasteiger partial charge in [0.05, 0.1) is 5.56 Å². The summed E-state index contributed by atoms with van der Waals surface area (Å²) in [7, 11) is 2.14. The Balaban J connectivity index is 1.73. The molecule has 2 aliphatic rings. The molecule has 0 bridgehead atoms. The second-order valence-corrected chi connectivity index (χ2v) is 5.88. The number of alkyl halides is 3. The van der Waals surface area contributed by atoms with Crippen LogP contribution in [0.4, 0.5) is 18.9 Å². The number of benzene rings is 1. The summed E-state index contributed by atoms with van der Waals surface area (Å²) in [4.78, 5) is 4.59. The van der Waals surface area contributed by atoms with Crippen molar-refractivity contribution in [3.8, 4) is 0 Å². The number of nitrogens with zero attached hydrogens (tertiary/aromatic N) is 2. The Morgan fingerprint density at radius 3 is 2.35 bits per heavy atom. The lowest BCUT2D eigenvalue weighted by molar-refractivity contribution is -0.137. The van der Waals surface area contributed by atoms with E-state index in [0.29, 0.717) is 6.04 Å². The van der Waals surface area contributed by atoms with Crippen molar-refractivity contribution in [2.75, 3.05) is 31.6 Å². The first-order valence-corrected chi connectivity index (χ1v) is 7.07. The average molecular weight is 284 g/mol. The van der Waals surface area contributed by atoms with Crippen molar-refractivity contribution in [2.45, 2.75) is 25.1 Å². The van der Waals surface area contributed by atoms with E-state index in [2.05, 4.69) is 16.8 Å². The third-order valence-corrected chi connectivity index (χ3v) is 4.70. The number of hydrogen-bond donors (Lipinski definition) is 0. The lowest BCUT2D eigenvalue weighted by Gasteiger charge is -2.38. The van der Waals surface area contributed by atoms with Crippen LogP contribution in [-0.4, -0.2) is 37.6 Å². The summed E-state index contributed by atoms with van der Waals surface area (Å²) in [5, 5.41) is 0. The van der Waals surface area contributed by atoms with Gasteiger partial charge in [-0.1, -0.05) is 0 Å². The lowest BCUT2D eigenvalue weighted by atomic mass is 9.92. The molecule has 2 atom stereocenters. The minimum atomic E-state index is -4.25. The Morgan fingerprint density at radius 1 is 1.05 bits per heavy atom. The van der Waals surface area contributed by atoms with Crippen LogP contribution in [0.5, 0.6) is 0 Å². The molecule has 20 heavy (non-hydrogen) atoms. The Labute approximate surface area is 117 Å². The van der Waals surface area contributed by atoms with Crippen LogP contribution in [0.1, 0.15) is 18.4 Å². The van der Waals surface area contributed by atoms with Crippen LogP contribution in [0, 0.1) is 5.92 Å². The summed E-state index contributed by atoms with van der Waals surface area (Å²) in [6.07, 6.45) is -1.87. The molecule has 1 aromatic rings. The summed E-state index contributed by atoms with van der Waals surface area (Å²) in [5.41, 5.74) is 0.325. The van der Waals surface area contributed by atoms with Crippen molar-refractivity contribution in [3.63, 3.8) is 0 Å². The number of anilines is 1. The maximum Gasteiger partial charge on any atom is 0.416 e. The number of halogens is 3. The molecule has 0 amide bonds. The van der Waals surface area contributed by atoms with Crippen LogP contribution in [-0.2, 0) is 6.18 Å². The van der Waals surface area contributed by atoms with E-state index >= 15 is 0 Å². The Bertz CT molecular complexity index is 469. The highest BCUT2D eigenvalue weighted by atomic mass is 19.4. The van der Waals surface area contributed by atoms with Crippen LogP contribution < -0.4 is 4.90 Å². The summed E-state index contributed by atoms with van der Waals surface area (Å²) in [6.45, 7) is 3.00. The van der Waals surface area contributed by atoms with Crippen LogP contribution in [0.3, 0.4) is 0 Å². The minimum absolute atomic E-state index is 0.547. The van der Waals surface area contributed by atoms with Crippen LogP contribution in [0.2, 0.25) is 0 Å². The van der Waals surface area contributed by atoms with Crippen molar-refractivity contribution in [1.82, 2.24) is 4.90 Å². The predicted molar refractivity (Wildman–Crippen MR) is 72.8 cm³/mol. The molecule has 5 heteroatoms. The maximum absolute atomic E-state index is 12.6. The number of likely N-dealkylation sites (tertiary alicyclic amines) is 1. The molecular formula is C15H19F3N2. The van der Waals surface area contributed by atoms with Crippen molar-refractivity contribution in [2.24, 2.45) is 5.92 Å². The topological polar surface area (TPSA) is 6.48 Å². The van der Waals surface area contributed by atoms with E-state index in [9.17, 15) is 13.2 Å². The van der Waals surface area contributed by atoms with E-state index in [-0.39, 0.29) is 0 Å². The zero-order valence-corrected chi connectivity index (χ0v) is 11.5. The summed E-state index contributed by atoms with van der Waals surface area (Å²) < 4.78 is 37.7. The molecular weight excluding hydrogens is 265 g/mol. The highest BCUT2D eigenvalue weighted by molar-refractivity contribution is 5.48. The molecule has 2 nitrogen and oxygen atoms in total. The van der Waals surface area contributed by atoms with Gasteiger partial charge >= 0.3 is 6.18 Å². The first-order chi connectivity index (χ1) is 9.45. The van der Waals surface area contributed by atoms with Gasteiger partial charge in [0.15, 0.2) is 0 Å². The normalized spacial score (nSPS) is 27.7. The van der Waals surface area contributed by atoms with Crippen LogP contribution >= 0.6 is 0 Å². The standard InChI is InChI=1S/C15H19F3N2/c1-19-8-6-11-7-9-20(10-14(11)19)13-4-2-12(3-5-13)15(16,17)18/h2-5,11,14H,6-10H2,1H3. The van der Waals surface area contributed by atoms with E-state index in [4.69, 9.17) is 0 Å². The molecule has 0 radical (unpaired) electrons. The molecule has 3 rings (SSSR count). The van der Waals surface area contributed by atoms with Gasteiger partial charge in [-0.3, -0.25) is 0 Å². The van der Waals surface area contributed by atoms with Gasteiger partial charge in [0, 0.05) is 24.8 Å². The highest BCUT2D eigenvalue weighted by Gasteiger charge is 2.36. The molecule has 2 heterocycles. The molecule has 0 aromatic heterocycles. The average Bonchev–Trinajstić information content (AvgIpc) is 2.79. The summed E-state index contributed by atoms with van der Waals surface area (Å²) in [5.74, 6) is 0.755. The molecule has 0 saturated carbocycles. The third kappa shape index (κ3) is 2.51. The number of rotatable bonds is 1. The summed E-state index contributed by atoms with van der Waals surface area (Å²) in [6, 6.07) is 6.10. The fourth-order valence-corrected chi connectivity index (χ4v) is 3.45. The largest absolute Gasteiger partial charge is 0.416 e. The van der Waals surface area contributed by atoms with E-state index in [1.165, 1.54) is 18.6 Å². The minimum Gasteiger partial charge on any atom is -0.370 e. The van der Waals surface area contributed by atoms with E-state index in [1.54, 1.807) is 12.1 Å². The van der Waals surface area contributed by atoms with E-state index < -0.39 is 11.7 Å². The van der Waals surface area contributed by atoms with Crippen molar-refractivity contribution < 1.29 is 13.2 Å². The Hall–Kier alpha value is -1.23. The van der Waals surface area contributed by atoms with Gasteiger partial charge in [-0.15, -0.1) is 0 Å². The lowest BCUT2D eigenvalue weighted by Crippen LogP contribution is -2.47. The van der Waals surface area contributed by atoms with Gasteiger partial charge in [0.1, 0.15) is 0 Å². The maximum atomic E-state index is 12.6. The molecule has 2 aliphatic heterocycles. The smallest absolute Gasteiger partial charge is 0.370 e. The molecule has 0 N–H and O–H groups in total. The van der Waals surface area contributed by atoms with Gasteiger partial charge < -0.3 is 9.80 Å². The van der Waals surface area contributed by atoms with Crippen molar-refractivity contribution in [3.05, 3.63) is 29.8 Å². The Morgan fingerprint density at radius 2 is 1.70 bits per heavy atom. The van der Waals surface area contributed by atoms with Crippen LogP contribution in [0.25, 0.3) is 0 Å². The molecule has 2 unspecified atom stereocenters. The second kappa shape index (κ2) is 4.95. The molecule has 0 spiro atoms. The van der Waals surface area contributed by atoms with Gasteiger partial charge in [-0.2, -0.15) is 13.2 Å².